The van der Waals surface area contributed by atoms with E-state index in [-0.39, 0.29) is 0 Å². The van der Waals surface area contributed by atoms with Gasteiger partial charge in [0.25, 0.3) is 8.32 Å². The lowest BCUT2D eigenvalue weighted by atomic mass is 10.3. The Hall–Kier alpha value is -1.38. The molecule has 0 radical (unpaired) electrons. The number of rotatable bonds is 4. The van der Waals surface area contributed by atoms with E-state index < -0.39 is 8.32 Å². The van der Waals surface area contributed by atoms with Gasteiger partial charge in [-0.2, -0.15) is 0 Å². The summed E-state index contributed by atoms with van der Waals surface area (Å²) >= 11 is 0. The van der Waals surface area contributed by atoms with Crippen LogP contribution in [0.3, 0.4) is 0 Å². The molecule has 2 rings (SSSR count). The van der Waals surface area contributed by atoms with Gasteiger partial charge in [-0.25, -0.2) is 0 Å². The summed E-state index contributed by atoms with van der Waals surface area (Å²) in [6.45, 7) is 4.31. The van der Waals surface area contributed by atoms with Crippen LogP contribution in [0.15, 0.2) is 60.7 Å². The molecule has 2 aromatic carbocycles. The van der Waals surface area contributed by atoms with E-state index in [9.17, 15) is 4.80 Å². The van der Waals surface area contributed by atoms with Gasteiger partial charge in [0.15, 0.2) is 0 Å². The first-order chi connectivity index (χ1) is 8.69. The first-order valence-corrected chi connectivity index (χ1v) is 8.55. The summed E-state index contributed by atoms with van der Waals surface area (Å²) < 4.78 is 0. The average Bonchev–Trinajstić information content (AvgIpc) is 2.47. The molecule has 0 amide bonds. The lowest BCUT2D eigenvalue weighted by Gasteiger charge is -2.31. The molecular formula is C16H20OSi. The molecule has 0 aliphatic rings. The monoisotopic (exact) mass is 256 g/mol. The summed E-state index contributed by atoms with van der Waals surface area (Å²) in [6, 6.07) is 20.3. The smallest absolute Gasteiger partial charge is 0.255 e. The molecule has 0 saturated heterocycles. The van der Waals surface area contributed by atoms with E-state index in [1.54, 1.807) is 0 Å². The van der Waals surface area contributed by atoms with Crippen LogP contribution in [0.5, 0.6) is 0 Å². The molecule has 1 N–H and O–H groups in total. The third-order valence-electron chi connectivity index (χ3n) is 3.75. The van der Waals surface area contributed by atoms with Crippen LogP contribution in [-0.4, -0.2) is 13.1 Å². The Kier molecular flexibility index (Phi) is 3.99. The molecule has 18 heavy (non-hydrogen) atoms. The summed E-state index contributed by atoms with van der Waals surface area (Å²) in [5.41, 5.74) is 0.308. The highest BCUT2D eigenvalue weighted by atomic mass is 28.4. The molecule has 2 heteroatoms. The third-order valence-corrected chi connectivity index (χ3v) is 8.02. The fourth-order valence-corrected chi connectivity index (χ4v) is 5.88. The Bertz CT molecular complexity index is 441. The second-order valence-corrected chi connectivity index (χ2v) is 8.48. The highest BCUT2D eigenvalue weighted by Crippen LogP contribution is 2.22. The number of hydrogen-bond acceptors (Lipinski definition) is 1. The maximum atomic E-state index is 11.4. The Labute approximate surface area is 110 Å². The zero-order valence-electron chi connectivity index (χ0n) is 11.0. The van der Waals surface area contributed by atoms with Crippen molar-refractivity contribution in [2.45, 2.75) is 25.8 Å². The van der Waals surface area contributed by atoms with Crippen LogP contribution in [0.25, 0.3) is 0 Å². The fourth-order valence-electron chi connectivity index (χ4n) is 2.42. The fraction of sp³-hybridized carbons (Fsp3) is 0.250. The maximum absolute atomic E-state index is 11.4. The van der Waals surface area contributed by atoms with Gasteiger partial charge >= 0.3 is 0 Å². The summed E-state index contributed by atoms with van der Waals surface area (Å²) in [5, 5.41) is 2.20. The van der Waals surface area contributed by atoms with Gasteiger partial charge in [0.05, 0.1) is 0 Å². The number of benzene rings is 2. The van der Waals surface area contributed by atoms with Crippen LogP contribution >= 0.6 is 0 Å². The Balaban J connectivity index is 2.55. The van der Waals surface area contributed by atoms with Crippen molar-refractivity contribution >= 4 is 18.7 Å². The third kappa shape index (κ3) is 2.26. The van der Waals surface area contributed by atoms with E-state index in [0.717, 1.165) is 16.8 Å². The van der Waals surface area contributed by atoms with Gasteiger partial charge in [-0.3, -0.25) is 0 Å². The van der Waals surface area contributed by atoms with Crippen LogP contribution in [0.2, 0.25) is 5.54 Å². The van der Waals surface area contributed by atoms with Crippen molar-refractivity contribution < 1.29 is 4.80 Å². The highest BCUT2D eigenvalue weighted by molar-refractivity contribution is 6.97. The van der Waals surface area contributed by atoms with Gasteiger partial charge < -0.3 is 4.80 Å². The molecule has 1 nitrogen and oxygen atoms in total. The second kappa shape index (κ2) is 5.51. The van der Waals surface area contributed by atoms with Gasteiger partial charge in [-0.1, -0.05) is 80.9 Å². The van der Waals surface area contributed by atoms with Gasteiger partial charge in [0.2, 0.25) is 0 Å². The van der Waals surface area contributed by atoms with E-state index in [1.165, 1.54) is 0 Å². The van der Waals surface area contributed by atoms with Crippen molar-refractivity contribution in [3.63, 3.8) is 0 Å². The van der Waals surface area contributed by atoms with E-state index in [2.05, 4.69) is 38.1 Å². The molecule has 2 aromatic rings. The summed E-state index contributed by atoms with van der Waals surface area (Å²) in [7, 11) is -2.61. The molecular weight excluding hydrogens is 236 g/mol. The largest absolute Gasteiger partial charge is 0.424 e. The maximum Gasteiger partial charge on any atom is 0.255 e. The predicted octanol–water partition coefficient (Wildman–Crippen LogP) is 2.54. The topological polar surface area (TPSA) is 20.2 Å². The van der Waals surface area contributed by atoms with E-state index in [4.69, 9.17) is 0 Å². The van der Waals surface area contributed by atoms with Crippen LogP contribution in [-0.2, 0) is 0 Å². The number of hydrogen-bond donors (Lipinski definition) is 1. The summed E-state index contributed by atoms with van der Waals surface area (Å²) in [5.74, 6) is 0. The van der Waals surface area contributed by atoms with E-state index in [1.807, 2.05) is 36.4 Å². The molecule has 0 bridgehead atoms. The van der Waals surface area contributed by atoms with Crippen LogP contribution in [0.1, 0.15) is 20.3 Å². The second-order valence-electron chi connectivity index (χ2n) is 4.81. The first-order valence-electron chi connectivity index (χ1n) is 6.53. The first kappa shape index (κ1) is 13.1. The van der Waals surface area contributed by atoms with Crippen molar-refractivity contribution in [3.8, 4) is 0 Å². The van der Waals surface area contributed by atoms with Crippen molar-refractivity contribution in [3.05, 3.63) is 60.7 Å². The Morgan fingerprint density at radius 3 is 1.61 bits per heavy atom. The normalized spacial score (nSPS) is 13.3. The summed E-state index contributed by atoms with van der Waals surface area (Å²) in [4.78, 5) is 11.4. The van der Waals surface area contributed by atoms with E-state index >= 15 is 0 Å². The van der Waals surface area contributed by atoms with Crippen molar-refractivity contribution in [2.24, 2.45) is 0 Å². The zero-order chi connectivity index (χ0) is 13.0. The van der Waals surface area contributed by atoms with Gasteiger partial charge in [-0.05, 0) is 15.9 Å². The van der Waals surface area contributed by atoms with Crippen molar-refractivity contribution in [1.29, 1.82) is 0 Å². The summed E-state index contributed by atoms with van der Waals surface area (Å²) in [6.07, 6.45) is 0.993. The van der Waals surface area contributed by atoms with Crippen LogP contribution in [0.4, 0.5) is 0 Å². The average molecular weight is 256 g/mol. The molecule has 0 saturated carbocycles. The standard InChI is InChI=1S/C16H20OSi/c1-3-14(2)18(17,15-10-6-4-7-11-15)16-12-8-5-9-13-16/h4-14,17H,3H2,1-2H3. The lowest BCUT2D eigenvalue weighted by molar-refractivity contribution is 0.539. The SMILES string of the molecule is CCC(C)[Si](O)(c1ccccc1)c1ccccc1. The molecule has 1 unspecified atom stereocenters. The minimum atomic E-state index is -2.61. The molecule has 0 aromatic heterocycles. The van der Waals surface area contributed by atoms with E-state index in [0.29, 0.717) is 5.54 Å². The zero-order valence-corrected chi connectivity index (χ0v) is 12.0. The predicted molar refractivity (Wildman–Crippen MR) is 79.8 cm³/mol. The van der Waals surface area contributed by atoms with Gasteiger partial charge in [-0.15, -0.1) is 0 Å². The minimum Gasteiger partial charge on any atom is -0.424 e. The molecule has 94 valence electrons. The molecule has 0 aliphatic heterocycles. The van der Waals surface area contributed by atoms with Crippen molar-refractivity contribution in [2.75, 3.05) is 0 Å². The molecule has 0 aliphatic carbocycles. The molecule has 0 spiro atoms. The van der Waals surface area contributed by atoms with Crippen LogP contribution < -0.4 is 10.4 Å². The minimum absolute atomic E-state index is 0.308. The molecule has 0 heterocycles. The molecule has 0 fully saturated rings. The highest BCUT2D eigenvalue weighted by Gasteiger charge is 2.40. The molecule has 1 atom stereocenters. The van der Waals surface area contributed by atoms with Gasteiger partial charge in [0.1, 0.15) is 0 Å². The van der Waals surface area contributed by atoms with Gasteiger partial charge in [0, 0.05) is 0 Å². The Morgan fingerprint density at radius 2 is 1.28 bits per heavy atom. The Morgan fingerprint density at radius 1 is 0.889 bits per heavy atom. The lowest BCUT2D eigenvalue weighted by Crippen LogP contribution is -2.61. The quantitative estimate of drug-likeness (QED) is 0.834. The van der Waals surface area contributed by atoms with Crippen LogP contribution in [0, 0.1) is 0 Å². The van der Waals surface area contributed by atoms with Crippen molar-refractivity contribution in [1.82, 2.24) is 0 Å².